The number of aromatic amines is 1. The standard InChI is InChI=1S/C19H14FNO2/c20-13-8-5-12(6-9-13)16-15-10-7-11-3-1-2-4-14(11)17(15)21-18(16)19(22)23/h1-6,8-9,21H,7,10H2,(H,22,23). The van der Waals surface area contributed by atoms with Gasteiger partial charge in [-0.25, -0.2) is 9.18 Å². The summed E-state index contributed by atoms with van der Waals surface area (Å²) in [5.41, 5.74) is 5.67. The zero-order valence-corrected chi connectivity index (χ0v) is 12.3. The van der Waals surface area contributed by atoms with Gasteiger partial charge in [-0.1, -0.05) is 36.4 Å². The summed E-state index contributed by atoms with van der Waals surface area (Å²) in [5.74, 6) is -1.34. The molecule has 1 aliphatic rings. The van der Waals surface area contributed by atoms with Crippen LogP contribution in [0, 0.1) is 5.82 Å². The first-order valence-electron chi connectivity index (χ1n) is 7.47. The number of halogens is 1. The summed E-state index contributed by atoms with van der Waals surface area (Å²) in [5, 5.41) is 9.57. The van der Waals surface area contributed by atoms with Gasteiger partial charge in [0.25, 0.3) is 0 Å². The van der Waals surface area contributed by atoms with Crippen molar-refractivity contribution in [3.05, 3.63) is 71.2 Å². The van der Waals surface area contributed by atoms with Crippen LogP contribution in [0.3, 0.4) is 0 Å². The zero-order chi connectivity index (χ0) is 16.0. The number of aryl methyl sites for hydroxylation is 1. The molecule has 1 heterocycles. The van der Waals surface area contributed by atoms with E-state index < -0.39 is 5.97 Å². The van der Waals surface area contributed by atoms with E-state index >= 15 is 0 Å². The lowest BCUT2D eigenvalue weighted by molar-refractivity contribution is 0.0692. The van der Waals surface area contributed by atoms with Crippen molar-refractivity contribution in [3.8, 4) is 22.4 Å². The molecule has 0 fully saturated rings. The Morgan fingerprint density at radius 2 is 1.78 bits per heavy atom. The van der Waals surface area contributed by atoms with E-state index in [0.29, 0.717) is 5.56 Å². The Morgan fingerprint density at radius 3 is 2.52 bits per heavy atom. The molecule has 3 aromatic rings. The molecule has 0 saturated carbocycles. The SMILES string of the molecule is O=C(O)c1[nH]c2c(c1-c1ccc(F)cc1)CCc1ccccc1-2. The Kier molecular flexibility index (Phi) is 3.05. The molecular formula is C19H14FNO2. The summed E-state index contributed by atoms with van der Waals surface area (Å²) in [4.78, 5) is 14.8. The zero-order valence-electron chi connectivity index (χ0n) is 12.3. The largest absolute Gasteiger partial charge is 0.477 e. The van der Waals surface area contributed by atoms with Crippen LogP contribution in [0.25, 0.3) is 22.4 Å². The van der Waals surface area contributed by atoms with E-state index in [9.17, 15) is 14.3 Å². The van der Waals surface area contributed by atoms with E-state index in [0.717, 1.165) is 35.2 Å². The molecule has 0 unspecified atom stereocenters. The van der Waals surface area contributed by atoms with Gasteiger partial charge in [0.2, 0.25) is 0 Å². The third-order valence-corrected chi connectivity index (χ3v) is 4.38. The summed E-state index contributed by atoms with van der Waals surface area (Å²) >= 11 is 0. The van der Waals surface area contributed by atoms with Crippen molar-refractivity contribution in [1.29, 1.82) is 0 Å². The number of H-pyrrole nitrogens is 1. The molecule has 0 amide bonds. The van der Waals surface area contributed by atoms with Gasteiger partial charge in [-0.05, 0) is 41.7 Å². The Hall–Kier alpha value is -2.88. The minimum atomic E-state index is -1.00. The van der Waals surface area contributed by atoms with Crippen LogP contribution in [0.5, 0.6) is 0 Å². The highest BCUT2D eigenvalue weighted by Crippen LogP contribution is 2.40. The quantitative estimate of drug-likeness (QED) is 0.742. The van der Waals surface area contributed by atoms with Crippen molar-refractivity contribution >= 4 is 5.97 Å². The fraction of sp³-hybridized carbons (Fsp3) is 0.105. The van der Waals surface area contributed by atoms with E-state index in [1.54, 1.807) is 12.1 Å². The van der Waals surface area contributed by atoms with Crippen LogP contribution in [0.4, 0.5) is 4.39 Å². The van der Waals surface area contributed by atoms with Gasteiger partial charge in [0.05, 0.1) is 5.69 Å². The second-order valence-corrected chi connectivity index (χ2v) is 5.70. The smallest absolute Gasteiger partial charge is 0.352 e. The number of carbonyl (C=O) groups is 1. The second-order valence-electron chi connectivity index (χ2n) is 5.70. The highest BCUT2D eigenvalue weighted by Gasteiger charge is 2.27. The Balaban J connectivity index is 1.99. The molecule has 4 heteroatoms. The van der Waals surface area contributed by atoms with Gasteiger partial charge >= 0.3 is 5.97 Å². The fourth-order valence-electron chi connectivity index (χ4n) is 3.36. The third kappa shape index (κ3) is 2.14. The van der Waals surface area contributed by atoms with Crippen molar-refractivity contribution in [3.63, 3.8) is 0 Å². The average Bonchev–Trinajstić information content (AvgIpc) is 2.96. The first kappa shape index (κ1) is 13.8. The Bertz CT molecular complexity index is 910. The number of rotatable bonds is 2. The summed E-state index contributed by atoms with van der Waals surface area (Å²) in [7, 11) is 0. The van der Waals surface area contributed by atoms with Crippen LogP contribution in [0.15, 0.2) is 48.5 Å². The fourth-order valence-corrected chi connectivity index (χ4v) is 3.36. The van der Waals surface area contributed by atoms with Crippen molar-refractivity contribution in [2.45, 2.75) is 12.8 Å². The van der Waals surface area contributed by atoms with Crippen molar-refractivity contribution < 1.29 is 14.3 Å². The van der Waals surface area contributed by atoms with Gasteiger partial charge in [-0.2, -0.15) is 0 Å². The first-order valence-corrected chi connectivity index (χ1v) is 7.47. The maximum Gasteiger partial charge on any atom is 0.352 e. The summed E-state index contributed by atoms with van der Waals surface area (Å²) < 4.78 is 13.2. The van der Waals surface area contributed by atoms with Crippen LogP contribution >= 0.6 is 0 Å². The second kappa shape index (κ2) is 5.09. The predicted octanol–water partition coefficient (Wildman–Crippen LogP) is 4.28. The number of aromatic carboxylic acids is 1. The maximum absolute atomic E-state index is 13.2. The highest BCUT2D eigenvalue weighted by atomic mass is 19.1. The summed E-state index contributed by atoms with van der Waals surface area (Å²) in [6, 6.07) is 14.0. The third-order valence-electron chi connectivity index (χ3n) is 4.38. The first-order chi connectivity index (χ1) is 11.1. The van der Waals surface area contributed by atoms with Crippen LogP contribution < -0.4 is 0 Å². The van der Waals surface area contributed by atoms with Crippen molar-refractivity contribution in [1.82, 2.24) is 4.98 Å². The highest BCUT2D eigenvalue weighted by molar-refractivity contribution is 5.98. The van der Waals surface area contributed by atoms with Crippen LogP contribution in [-0.4, -0.2) is 16.1 Å². The number of nitrogens with one attached hydrogen (secondary N) is 1. The molecule has 4 rings (SSSR count). The molecule has 0 spiro atoms. The van der Waals surface area contributed by atoms with Gasteiger partial charge in [-0.3, -0.25) is 0 Å². The number of benzene rings is 2. The number of carboxylic acids is 1. The molecule has 0 saturated heterocycles. The molecular weight excluding hydrogens is 293 g/mol. The lowest BCUT2D eigenvalue weighted by Gasteiger charge is -2.17. The molecule has 0 radical (unpaired) electrons. The van der Waals surface area contributed by atoms with Crippen molar-refractivity contribution in [2.24, 2.45) is 0 Å². The molecule has 114 valence electrons. The van der Waals surface area contributed by atoms with Gasteiger partial charge in [0.1, 0.15) is 11.5 Å². The van der Waals surface area contributed by atoms with Crippen molar-refractivity contribution in [2.75, 3.05) is 0 Å². The van der Waals surface area contributed by atoms with Gasteiger partial charge in [0.15, 0.2) is 0 Å². The van der Waals surface area contributed by atoms with E-state index in [-0.39, 0.29) is 11.5 Å². The lowest BCUT2D eigenvalue weighted by Crippen LogP contribution is -2.03. The number of hydrogen-bond donors (Lipinski definition) is 2. The monoisotopic (exact) mass is 307 g/mol. The Morgan fingerprint density at radius 1 is 1.04 bits per heavy atom. The predicted molar refractivity (Wildman–Crippen MR) is 86.0 cm³/mol. The topological polar surface area (TPSA) is 53.1 Å². The molecule has 1 aliphatic carbocycles. The number of aromatic nitrogens is 1. The van der Waals surface area contributed by atoms with Crippen LogP contribution in [0.2, 0.25) is 0 Å². The van der Waals surface area contributed by atoms with E-state index in [2.05, 4.69) is 11.1 Å². The maximum atomic E-state index is 13.2. The summed E-state index contributed by atoms with van der Waals surface area (Å²) in [6.45, 7) is 0. The molecule has 2 N–H and O–H groups in total. The molecule has 1 aromatic heterocycles. The molecule has 0 bridgehead atoms. The average molecular weight is 307 g/mol. The Labute approximate surface area is 132 Å². The van der Waals surface area contributed by atoms with Gasteiger partial charge < -0.3 is 10.1 Å². The normalized spacial score (nSPS) is 12.6. The van der Waals surface area contributed by atoms with E-state index in [1.807, 2.05) is 18.2 Å². The molecule has 2 aromatic carbocycles. The number of hydrogen-bond acceptors (Lipinski definition) is 1. The van der Waals surface area contributed by atoms with Gasteiger partial charge in [-0.15, -0.1) is 0 Å². The van der Waals surface area contributed by atoms with E-state index in [1.165, 1.54) is 17.7 Å². The van der Waals surface area contributed by atoms with Crippen LogP contribution in [-0.2, 0) is 12.8 Å². The number of carboxylic acid groups (broad SMARTS) is 1. The minimum absolute atomic E-state index is 0.165. The molecule has 3 nitrogen and oxygen atoms in total. The van der Waals surface area contributed by atoms with Gasteiger partial charge in [0, 0.05) is 11.1 Å². The molecule has 23 heavy (non-hydrogen) atoms. The minimum Gasteiger partial charge on any atom is -0.477 e. The molecule has 0 atom stereocenters. The molecule has 0 aliphatic heterocycles. The lowest BCUT2D eigenvalue weighted by atomic mass is 9.87. The summed E-state index contributed by atoms with van der Waals surface area (Å²) in [6.07, 6.45) is 1.64. The van der Waals surface area contributed by atoms with Crippen LogP contribution in [0.1, 0.15) is 21.6 Å². The van der Waals surface area contributed by atoms with E-state index in [4.69, 9.17) is 0 Å². The number of fused-ring (bicyclic) bond motifs is 3.